The average Bonchev–Trinajstić information content (AvgIpc) is 3.62. The minimum Gasteiger partial charge on any atom is -0.382 e. The molecule has 212 valence electrons. The van der Waals surface area contributed by atoms with Crippen LogP contribution in [0.25, 0.3) is 5.57 Å². The fourth-order valence-corrected chi connectivity index (χ4v) is 6.85. The summed E-state index contributed by atoms with van der Waals surface area (Å²) in [5.41, 5.74) is 7.01. The minimum absolute atomic E-state index is 0.0824. The maximum atomic E-state index is 15.0. The van der Waals surface area contributed by atoms with Crippen LogP contribution in [0.3, 0.4) is 0 Å². The number of fused-ring (bicyclic) bond motifs is 1. The highest BCUT2D eigenvalue weighted by Crippen LogP contribution is 2.39. The molecule has 3 aromatic carbocycles. The lowest BCUT2D eigenvalue weighted by Crippen LogP contribution is -2.46. The molecular weight excluding hydrogens is 513 g/mol. The van der Waals surface area contributed by atoms with Crippen LogP contribution in [0.1, 0.15) is 84.1 Å². The van der Waals surface area contributed by atoms with Gasteiger partial charge in [-0.3, -0.25) is 9.59 Å². The summed E-state index contributed by atoms with van der Waals surface area (Å²) >= 11 is 0. The summed E-state index contributed by atoms with van der Waals surface area (Å²) in [6.45, 7) is 4.31. The van der Waals surface area contributed by atoms with Gasteiger partial charge in [-0.25, -0.2) is 4.39 Å². The van der Waals surface area contributed by atoms with Gasteiger partial charge in [0, 0.05) is 24.0 Å². The number of benzene rings is 3. The first-order valence-corrected chi connectivity index (χ1v) is 14.9. The Morgan fingerprint density at radius 3 is 2.41 bits per heavy atom. The van der Waals surface area contributed by atoms with Crippen LogP contribution in [0.15, 0.2) is 66.7 Å². The summed E-state index contributed by atoms with van der Waals surface area (Å²) in [6.07, 6.45) is 9.28. The first-order valence-electron chi connectivity index (χ1n) is 14.9. The van der Waals surface area contributed by atoms with Gasteiger partial charge < -0.3 is 15.5 Å². The zero-order valence-corrected chi connectivity index (χ0v) is 23.9. The Kier molecular flexibility index (Phi) is 7.65. The van der Waals surface area contributed by atoms with Gasteiger partial charge in [0.15, 0.2) is 0 Å². The molecule has 0 radical (unpaired) electrons. The summed E-state index contributed by atoms with van der Waals surface area (Å²) < 4.78 is 15.0. The number of carbonyl (C=O) groups is 2. The molecule has 1 heterocycles. The number of amides is 2. The lowest BCUT2D eigenvalue weighted by Gasteiger charge is -2.41. The van der Waals surface area contributed by atoms with Crippen molar-refractivity contribution in [2.24, 2.45) is 5.92 Å². The van der Waals surface area contributed by atoms with Gasteiger partial charge in [-0.2, -0.15) is 0 Å². The lowest BCUT2D eigenvalue weighted by atomic mass is 9.83. The van der Waals surface area contributed by atoms with Gasteiger partial charge in [-0.1, -0.05) is 49.2 Å². The molecule has 2 aliphatic carbocycles. The van der Waals surface area contributed by atoms with Crippen LogP contribution in [-0.4, -0.2) is 29.3 Å². The molecule has 1 aliphatic heterocycles. The predicted octanol–water partition coefficient (Wildman–Crippen LogP) is 7.68. The van der Waals surface area contributed by atoms with E-state index in [9.17, 15) is 14.0 Å². The van der Waals surface area contributed by atoms with Crippen molar-refractivity contribution in [1.29, 1.82) is 0 Å². The van der Waals surface area contributed by atoms with Gasteiger partial charge in [0.2, 0.25) is 5.91 Å². The molecule has 6 heteroatoms. The first kappa shape index (κ1) is 27.3. The molecule has 0 bridgehead atoms. The highest BCUT2D eigenvalue weighted by Gasteiger charge is 2.40. The molecular formula is C35H38FN3O2. The van der Waals surface area contributed by atoms with Gasteiger partial charge in [-0.05, 0) is 104 Å². The number of anilines is 2. The monoisotopic (exact) mass is 551 g/mol. The van der Waals surface area contributed by atoms with Crippen LogP contribution in [0, 0.1) is 18.7 Å². The van der Waals surface area contributed by atoms with Crippen molar-refractivity contribution in [1.82, 2.24) is 4.90 Å². The van der Waals surface area contributed by atoms with E-state index in [1.807, 2.05) is 36.4 Å². The quantitative estimate of drug-likeness (QED) is 0.330. The standard InChI is InChI=1S/C35H38FN3O2/c1-22-12-13-24-14-19-28(21-30(22)24)38-34(40)29-10-6-20-39(35(41)32-23(2)7-5-11-31(32)36)33(29)25-15-17-27(18-16-25)37-26-8-3-4-9-26/h5,7,11-12,14-19,21,26,29,33,37H,3-4,6,8-10,13,20H2,1-2H3,(H,38,40). The number of carbonyl (C=O) groups excluding carboxylic acids is 2. The molecule has 6 rings (SSSR count). The largest absolute Gasteiger partial charge is 0.382 e. The molecule has 2 amide bonds. The van der Waals surface area contributed by atoms with Gasteiger partial charge in [0.1, 0.15) is 5.82 Å². The van der Waals surface area contributed by atoms with Crippen molar-refractivity contribution in [2.45, 2.75) is 70.9 Å². The number of allylic oxidation sites excluding steroid dienone is 2. The summed E-state index contributed by atoms with van der Waals surface area (Å²) in [6, 6.07) is 18.9. The normalized spacial score (nSPS) is 20.5. The van der Waals surface area contributed by atoms with E-state index in [1.54, 1.807) is 24.0 Å². The Balaban J connectivity index is 1.32. The summed E-state index contributed by atoms with van der Waals surface area (Å²) in [7, 11) is 0. The van der Waals surface area contributed by atoms with Crippen molar-refractivity contribution < 1.29 is 14.0 Å². The fraction of sp³-hybridized carbons (Fsp3) is 0.371. The molecule has 1 saturated heterocycles. The van der Waals surface area contributed by atoms with E-state index in [-0.39, 0.29) is 17.4 Å². The summed E-state index contributed by atoms with van der Waals surface area (Å²) in [5.74, 6) is -1.49. The number of hydrogen-bond acceptors (Lipinski definition) is 3. The number of nitrogens with one attached hydrogen (secondary N) is 2. The minimum atomic E-state index is -0.530. The number of likely N-dealkylation sites (tertiary alicyclic amines) is 1. The highest BCUT2D eigenvalue weighted by molar-refractivity contribution is 5.98. The second-order valence-corrected chi connectivity index (χ2v) is 11.8. The number of piperidine rings is 1. The summed E-state index contributed by atoms with van der Waals surface area (Å²) in [4.78, 5) is 29.6. The highest BCUT2D eigenvalue weighted by atomic mass is 19.1. The van der Waals surface area contributed by atoms with Gasteiger partial charge in [-0.15, -0.1) is 0 Å². The number of nitrogens with zero attached hydrogens (tertiary/aromatic N) is 1. The number of halogens is 1. The van der Waals surface area contributed by atoms with E-state index in [2.05, 4.69) is 29.7 Å². The maximum Gasteiger partial charge on any atom is 0.257 e. The van der Waals surface area contributed by atoms with Crippen molar-refractivity contribution in [3.05, 3.63) is 100 Å². The zero-order chi connectivity index (χ0) is 28.5. The Morgan fingerprint density at radius 2 is 1.66 bits per heavy atom. The van der Waals surface area contributed by atoms with Crippen LogP contribution in [0.2, 0.25) is 0 Å². The molecule has 41 heavy (non-hydrogen) atoms. The zero-order valence-electron chi connectivity index (χ0n) is 23.9. The van der Waals surface area contributed by atoms with E-state index < -0.39 is 17.8 Å². The Morgan fingerprint density at radius 1 is 0.902 bits per heavy atom. The molecule has 2 fully saturated rings. The third-order valence-electron chi connectivity index (χ3n) is 9.07. The fourth-order valence-electron chi connectivity index (χ4n) is 6.85. The van der Waals surface area contributed by atoms with E-state index >= 15 is 0 Å². The molecule has 2 N–H and O–H groups in total. The van der Waals surface area contributed by atoms with Crippen LogP contribution in [0.4, 0.5) is 15.8 Å². The molecule has 0 aromatic heterocycles. The molecule has 2 unspecified atom stereocenters. The first-order chi connectivity index (χ1) is 19.9. The molecule has 3 aromatic rings. The van der Waals surface area contributed by atoms with E-state index in [4.69, 9.17) is 0 Å². The SMILES string of the molecule is CC1=CCc2ccc(NC(=O)C3CCCN(C(=O)c4c(C)cccc4F)C3c3ccc(NC4CCCC4)cc3)cc21. The molecule has 1 saturated carbocycles. The van der Waals surface area contributed by atoms with Crippen molar-refractivity contribution in [3.63, 3.8) is 0 Å². The number of hydrogen-bond donors (Lipinski definition) is 2. The second-order valence-electron chi connectivity index (χ2n) is 11.8. The van der Waals surface area contributed by atoms with E-state index in [0.717, 1.165) is 23.4 Å². The van der Waals surface area contributed by atoms with Gasteiger partial charge in [0.25, 0.3) is 5.91 Å². The van der Waals surface area contributed by atoms with Gasteiger partial charge >= 0.3 is 0 Å². The van der Waals surface area contributed by atoms with Crippen molar-refractivity contribution in [3.8, 4) is 0 Å². The maximum absolute atomic E-state index is 15.0. The van der Waals surface area contributed by atoms with Gasteiger partial charge in [0.05, 0.1) is 17.5 Å². The molecule has 2 atom stereocenters. The number of aryl methyl sites for hydroxylation is 1. The summed E-state index contributed by atoms with van der Waals surface area (Å²) in [5, 5.41) is 6.78. The van der Waals surface area contributed by atoms with Crippen LogP contribution in [-0.2, 0) is 11.2 Å². The number of rotatable bonds is 6. The molecule has 3 aliphatic rings. The van der Waals surface area contributed by atoms with Crippen molar-refractivity contribution in [2.75, 3.05) is 17.2 Å². The Bertz CT molecular complexity index is 1470. The van der Waals surface area contributed by atoms with Crippen molar-refractivity contribution >= 4 is 28.8 Å². The molecule has 0 spiro atoms. The van der Waals surface area contributed by atoms with Crippen LogP contribution < -0.4 is 10.6 Å². The van der Waals surface area contributed by atoms with E-state index in [1.165, 1.54) is 48.4 Å². The Labute approximate surface area is 241 Å². The van der Waals surface area contributed by atoms with Crippen LogP contribution in [0.5, 0.6) is 0 Å². The lowest BCUT2D eigenvalue weighted by molar-refractivity contribution is -0.123. The smallest absolute Gasteiger partial charge is 0.257 e. The Hall–Kier alpha value is -3.93. The average molecular weight is 552 g/mol. The third kappa shape index (κ3) is 5.52. The van der Waals surface area contributed by atoms with Crippen LogP contribution >= 0.6 is 0 Å². The topological polar surface area (TPSA) is 61.4 Å². The van der Waals surface area contributed by atoms with E-state index in [0.29, 0.717) is 31.0 Å². The third-order valence-corrected chi connectivity index (χ3v) is 9.07. The predicted molar refractivity (Wildman–Crippen MR) is 162 cm³/mol. The second kappa shape index (κ2) is 11.5. The molecule has 5 nitrogen and oxygen atoms in total.